The predicted molar refractivity (Wildman–Crippen MR) is 39.1 cm³/mol. The minimum atomic E-state index is -4.34. The van der Waals surface area contributed by atoms with Crippen molar-refractivity contribution in [2.45, 2.75) is 18.2 Å². The van der Waals surface area contributed by atoms with Gasteiger partial charge in [-0.2, -0.15) is 0 Å². The molecule has 1 saturated heterocycles. The Hall–Kier alpha value is 0.0700. The Kier molecular flexibility index (Phi) is 2.37. The Morgan fingerprint density at radius 1 is 1.27 bits per heavy atom. The SMILES string of the molecule is O=P(O)(O)C1(O)CCNCC1. The van der Waals surface area contributed by atoms with Crippen molar-refractivity contribution in [3.63, 3.8) is 0 Å². The fraction of sp³-hybridized carbons (Fsp3) is 1.00. The molecule has 0 bridgehead atoms. The molecule has 0 aliphatic carbocycles. The average Bonchev–Trinajstić information content (AvgIpc) is 1.87. The topological polar surface area (TPSA) is 89.8 Å². The van der Waals surface area contributed by atoms with E-state index in [1.165, 1.54) is 0 Å². The molecule has 0 unspecified atom stereocenters. The molecule has 11 heavy (non-hydrogen) atoms. The highest BCUT2D eigenvalue weighted by molar-refractivity contribution is 7.53. The summed E-state index contributed by atoms with van der Waals surface area (Å²) in [5.41, 5.74) is 0. The molecule has 0 amide bonds. The minimum Gasteiger partial charge on any atom is -0.377 e. The third-order valence-electron chi connectivity index (χ3n) is 1.95. The Labute approximate surface area is 64.6 Å². The summed E-state index contributed by atoms with van der Waals surface area (Å²) < 4.78 is 10.7. The summed E-state index contributed by atoms with van der Waals surface area (Å²) in [6, 6.07) is 0. The van der Waals surface area contributed by atoms with Gasteiger partial charge in [-0.3, -0.25) is 4.57 Å². The van der Waals surface area contributed by atoms with Gasteiger partial charge in [0.15, 0.2) is 5.34 Å². The first-order chi connectivity index (χ1) is 4.96. The molecule has 66 valence electrons. The summed E-state index contributed by atoms with van der Waals surface area (Å²) >= 11 is 0. The molecule has 0 atom stereocenters. The van der Waals surface area contributed by atoms with Gasteiger partial charge in [-0.05, 0) is 13.1 Å². The van der Waals surface area contributed by atoms with Crippen molar-refractivity contribution < 1.29 is 19.5 Å². The summed E-state index contributed by atoms with van der Waals surface area (Å²) in [6.07, 6.45) is 0.245. The lowest BCUT2D eigenvalue weighted by Gasteiger charge is -2.32. The molecule has 1 heterocycles. The molecule has 6 heteroatoms. The zero-order chi connectivity index (χ0) is 8.54. The fourth-order valence-corrected chi connectivity index (χ4v) is 1.92. The van der Waals surface area contributed by atoms with E-state index in [1.54, 1.807) is 0 Å². The van der Waals surface area contributed by atoms with E-state index in [0.717, 1.165) is 0 Å². The number of nitrogens with one attached hydrogen (secondary N) is 1. The highest BCUT2D eigenvalue weighted by Crippen LogP contribution is 2.53. The van der Waals surface area contributed by atoms with Crippen LogP contribution in [0.1, 0.15) is 12.8 Å². The van der Waals surface area contributed by atoms with E-state index < -0.39 is 12.9 Å². The van der Waals surface area contributed by atoms with Crippen molar-refractivity contribution >= 4 is 7.60 Å². The zero-order valence-corrected chi connectivity index (χ0v) is 6.92. The molecule has 0 aromatic carbocycles. The Morgan fingerprint density at radius 2 is 1.73 bits per heavy atom. The first-order valence-electron chi connectivity index (χ1n) is 3.44. The molecule has 1 rings (SSSR count). The van der Waals surface area contributed by atoms with Crippen LogP contribution in [-0.4, -0.2) is 33.3 Å². The van der Waals surface area contributed by atoms with Crippen LogP contribution in [0.25, 0.3) is 0 Å². The summed E-state index contributed by atoms with van der Waals surface area (Å²) in [5, 5.41) is 10.5. The second-order valence-electron chi connectivity index (χ2n) is 2.78. The van der Waals surface area contributed by atoms with Crippen molar-refractivity contribution in [2.75, 3.05) is 13.1 Å². The molecule has 0 saturated carbocycles. The summed E-state index contributed by atoms with van der Waals surface area (Å²) in [6.45, 7) is 0.920. The van der Waals surface area contributed by atoms with Gasteiger partial charge in [-0.15, -0.1) is 0 Å². The van der Waals surface area contributed by atoms with Gasteiger partial charge in [0.05, 0.1) is 0 Å². The van der Waals surface area contributed by atoms with E-state index in [9.17, 15) is 9.67 Å². The molecule has 0 radical (unpaired) electrons. The maximum Gasteiger partial charge on any atom is 0.356 e. The van der Waals surface area contributed by atoms with Gasteiger partial charge < -0.3 is 20.2 Å². The summed E-state index contributed by atoms with van der Waals surface area (Å²) in [5.74, 6) is 0. The number of hydrogen-bond donors (Lipinski definition) is 4. The van der Waals surface area contributed by atoms with Crippen molar-refractivity contribution in [1.82, 2.24) is 5.32 Å². The van der Waals surface area contributed by atoms with E-state index >= 15 is 0 Å². The Morgan fingerprint density at radius 3 is 2.00 bits per heavy atom. The maximum atomic E-state index is 10.7. The van der Waals surface area contributed by atoms with Gasteiger partial charge in [-0.1, -0.05) is 0 Å². The van der Waals surface area contributed by atoms with E-state index in [0.29, 0.717) is 13.1 Å². The predicted octanol–water partition coefficient (Wildman–Crippen LogP) is -0.764. The lowest BCUT2D eigenvalue weighted by atomic mass is 10.1. The Balaban J connectivity index is 2.72. The molecule has 1 aliphatic heterocycles. The lowest BCUT2D eigenvalue weighted by Crippen LogP contribution is -2.41. The monoisotopic (exact) mass is 181 g/mol. The van der Waals surface area contributed by atoms with Gasteiger partial charge in [0.1, 0.15) is 0 Å². The molecule has 4 N–H and O–H groups in total. The van der Waals surface area contributed by atoms with E-state index in [4.69, 9.17) is 9.79 Å². The van der Waals surface area contributed by atoms with Crippen LogP contribution in [0, 0.1) is 0 Å². The number of aliphatic hydroxyl groups is 1. The highest BCUT2D eigenvalue weighted by atomic mass is 31.2. The van der Waals surface area contributed by atoms with Crippen LogP contribution in [0.3, 0.4) is 0 Å². The summed E-state index contributed by atoms with van der Waals surface area (Å²) in [4.78, 5) is 17.5. The largest absolute Gasteiger partial charge is 0.377 e. The Bertz CT molecular complexity index is 183. The smallest absolute Gasteiger partial charge is 0.356 e. The van der Waals surface area contributed by atoms with Crippen LogP contribution in [0.2, 0.25) is 0 Å². The molecular weight excluding hydrogens is 169 g/mol. The molecule has 0 spiro atoms. The molecule has 0 aromatic heterocycles. The first-order valence-corrected chi connectivity index (χ1v) is 5.06. The second kappa shape index (κ2) is 2.84. The molecular formula is C5H12NO4P. The van der Waals surface area contributed by atoms with Gasteiger partial charge >= 0.3 is 7.60 Å². The number of hydrogen-bond acceptors (Lipinski definition) is 3. The first kappa shape index (κ1) is 9.16. The maximum absolute atomic E-state index is 10.7. The second-order valence-corrected chi connectivity index (χ2v) is 4.70. The molecule has 1 fully saturated rings. The van der Waals surface area contributed by atoms with E-state index in [2.05, 4.69) is 5.32 Å². The normalized spacial score (nSPS) is 25.0. The van der Waals surface area contributed by atoms with Crippen LogP contribution < -0.4 is 5.32 Å². The van der Waals surface area contributed by atoms with E-state index in [1.807, 2.05) is 0 Å². The standard InChI is InChI=1S/C5H12NO4P/c7-5(11(8,9)10)1-3-6-4-2-5/h6-7H,1-4H2,(H2,8,9,10). The van der Waals surface area contributed by atoms with Crippen molar-refractivity contribution in [2.24, 2.45) is 0 Å². The van der Waals surface area contributed by atoms with E-state index in [-0.39, 0.29) is 12.8 Å². The molecule has 0 aromatic rings. The van der Waals surface area contributed by atoms with Crippen molar-refractivity contribution in [1.29, 1.82) is 0 Å². The van der Waals surface area contributed by atoms with Crippen LogP contribution in [0.4, 0.5) is 0 Å². The highest BCUT2D eigenvalue weighted by Gasteiger charge is 2.45. The van der Waals surface area contributed by atoms with Crippen LogP contribution in [-0.2, 0) is 4.57 Å². The lowest BCUT2D eigenvalue weighted by molar-refractivity contribution is 0.0613. The van der Waals surface area contributed by atoms with Crippen LogP contribution in [0.15, 0.2) is 0 Å². The van der Waals surface area contributed by atoms with Crippen LogP contribution >= 0.6 is 7.60 Å². The van der Waals surface area contributed by atoms with Gasteiger partial charge in [0.25, 0.3) is 0 Å². The zero-order valence-electron chi connectivity index (χ0n) is 6.03. The van der Waals surface area contributed by atoms with Gasteiger partial charge in [0, 0.05) is 12.8 Å². The van der Waals surface area contributed by atoms with Crippen molar-refractivity contribution in [3.05, 3.63) is 0 Å². The minimum absolute atomic E-state index is 0.122. The average molecular weight is 181 g/mol. The van der Waals surface area contributed by atoms with Crippen molar-refractivity contribution in [3.8, 4) is 0 Å². The molecule has 1 aliphatic rings. The fourth-order valence-electron chi connectivity index (χ4n) is 1.12. The number of rotatable bonds is 1. The molecule has 5 nitrogen and oxygen atoms in total. The van der Waals surface area contributed by atoms with Gasteiger partial charge in [-0.25, -0.2) is 0 Å². The quantitative estimate of drug-likeness (QED) is 0.399. The summed E-state index contributed by atoms with van der Waals surface area (Å²) in [7, 11) is -4.34. The van der Waals surface area contributed by atoms with Crippen LogP contribution in [0.5, 0.6) is 0 Å². The third-order valence-corrected chi connectivity index (χ3v) is 3.48. The van der Waals surface area contributed by atoms with Gasteiger partial charge in [0.2, 0.25) is 0 Å². The third kappa shape index (κ3) is 1.80. The number of piperidine rings is 1.